The van der Waals surface area contributed by atoms with Crippen LogP contribution >= 0.6 is 0 Å². The number of benzene rings is 2. The summed E-state index contributed by atoms with van der Waals surface area (Å²) >= 11 is 0. The number of halogens is 1. The van der Waals surface area contributed by atoms with E-state index in [1.54, 1.807) is 12.1 Å². The fraction of sp³-hybridized carbons (Fsp3) is 0.278. The number of aromatic nitrogens is 2. The number of imidazole rings is 1. The van der Waals surface area contributed by atoms with Crippen LogP contribution in [0.15, 0.2) is 48.5 Å². The Morgan fingerprint density at radius 3 is 2.59 bits per heavy atom. The molecule has 0 bridgehead atoms. The van der Waals surface area contributed by atoms with Crippen molar-refractivity contribution >= 4 is 11.0 Å². The lowest BCUT2D eigenvalue weighted by atomic mass is 10.1. The van der Waals surface area contributed by atoms with E-state index in [1.807, 2.05) is 18.2 Å². The summed E-state index contributed by atoms with van der Waals surface area (Å²) in [5.74, 6) is 0.752. The summed E-state index contributed by atoms with van der Waals surface area (Å²) in [5, 5.41) is 0. The van der Waals surface area contributed by atoms with Gasteiger partial charge in [0, 0.05) is 19.0 Å². The number of hydrogen-bond acceptors (Lipinski definition) is 2. The van der Waals surface area contributed by atoms with Gasteiger partial charge in [0.2, 0.25) is 0 Å². The fourth-order valence-electron chi connectivity index (χ4n) is 2.61. The molecule has 1 unspecified atom stereocenters. The van der Waals surface area contributed by atoms with E-state index >= 15 is 0 Å². The first kappa shape index (κ1) is 14.7. The van der Waals surface area contributed by atoms with E-state index in [4.69, 9.17) is 10.7 Å². The van der Waals surface area contributed by atoms with Gasteiger partial charge in [0.05, 0.1) is 11.0 Å². The Kier molecular flexibility index (Phi) is 4.20. The van der Waals surface area contributed by atoms with Crippen molar-refractivity contribution < 1.29 is 4.39 Å². The average Bonchev–Trinajstić information content (AvgIpc) is 2.87. The normalized spacial score (nSPS) is 12.7. The van der Waals surface area contributed by atoms with Crippen molar-refractivity contribution in [2.24, 2.45) is 5.73 Å². The van der Waals surface area contributed by atoms with Gasteiger partial charge in [-0.05, 0) is 36.2 Å². The number of para-hydroxylation sites is 2. The van der Waals surface area contributed by atoms with Gasteiger partial charge in [0.15, 0.2) is 0 Å². The molecule has 22 heavy (non-hydrogen) atoms. The Balaban J connectivity index is 1.99. The van der Waals surface area contributed by atoms with Gasteiger partial charge in [-0.1, -0.05) is 31.2 Å². The Labute approximate surface area is 129 Å². The van der Waals surface area contributed by atoms with Gasteiger partial charge in [-0.2, -0.15) is 0 Å². The number of hydrogen-bond donors (Lipinski definition) is 1. The lowest BCUT2D eigenvalue weighted by Crippen LogP contribution is -2.26. The van der Waals surface area contributed by atoms with E-state index < -0.39 is 0 Å². The first-order valence-electron chi connectivity index (χ1n) is 7.61. The third kappa shape index (κ3) is 3.02. The molecule has 114 valence electrons. The molecule has 0 radical (unpaired) electrons. The van der Waals surface area contributed by atoms with Gasteiger partial charge in [0.1, 0.15) is 11.6 Å². The minimum absolute atomic E-state index is 0.101. The van der Waals surface area contributed by atoms with Crippen molar-refractivity contribution in [3.63, 3.8) is 0 Å². The molecular formula is C18H20FN3. The third-order valence-corrected chi connectivity index (χ3v) is 3.95. The molecule has 1 aromatic heterocycles. The molecule has 0 aliphatic rings. The van der Waals surface area contributed by atoms with Crippen molar-refractivity contribution in [2.75, 3.05) is 0 Å². The van der Waals surface area contributed by atoms with E-state index in [0.29, 0.717) is 6.42 Å². The molecule has 0 spiro atoms. The maximum Gasteiger partial charge on any atom is 0.123 e. The highest BCUT2D eigenvalue weighted by molar-refractivity contribution is 5.76. The largest absolute Gasteiger partial charge is 0.326 e. The molecule has 0 saturated carbocycles. The van der Waals surface area contributed by atoms with Crippen LogP contribution in [-0.4, -0.2) is 15.6 Å². The topological polar surface area (TPSA) is 43.8 Å². The number of rotatable bonds is 5. The van der Waals surface area contributed by atoms with Crippen molar-refractivity contribution in [3.05, 3.63) is 65.7 Å². The van der Waals surface area contributed by atoms with Gasteiger partial charge >= 0.3 is 0 Å². The highest BCUT2D eigenvalue weighted by atomic mass is 19.1. The molecule has 0 aliphatic carbocycles. The Hall–Kier alpha value is -2.20. The van der Waals surface area contributed by atoms with Gasteiger partial charge in [0.25, 0.3) is 0 Å². The Bertz CT molecular complexity index is 762. The van der Waals surface area contributed by atoms with E-state index in [0.717, 1.165) is 35.4 Å². The zero-order chi connectivity index (χ0) is 15.5. The van der Waals surface area contributed by atoms with E-state index in [2.05, 4.69) is 17.6 Å². The second-order valence-corrected chi connectivity index (χ2v) is 5.60. The summed E-state index contributed by atoms with van der Waals surface area (Å²) in [4.78, 5) is 4.73. The summed E-state index contributed by atoms with van der Waals surface area (Å²) in [7, 11) is 0. The number of nitrogens with zero attached hydrogens (tertiary/aromatic N) is 2. The fourth-order valence-corrected chi connectivity index (χ4v) is 2.61. The lowest BCUT2D eigenvalue weighted by molar-refractivity contribution is 0.535. The molecule has 0 amide bonds. The lowest BCUT2D eigenvalue weighted by Gasteiger charge is -2.14. The zero-order valence-electron chi connectivity index (χ0n) is 12.7. The Morgan fingerprint density at radius 1 is 1.14 bits per heavy atom. The second-order valence-electron chi connectivity index (χ2n) is 5.60. The summed E-state index contributed by atoms with van der Waals surface area (Å²) in [6.45, 7) is 2.83. The summed E-state index contributed by atoms with van der Waals surface area (Å²) < 4.78 is 15.2. The quantitative estimate of drug-likeness (QED) is 0.783. The SMILES string of the molecule is CCC(N)Cn1c(Cc2ccc(F)cc2)nc2ccccc21. The van der Waals surface area contributed by atoms with Crippen LogP contribution in [0.2, 0.25) is 0 Å². The first-order valence-corrected chi connectivity index (χ1v) is 7.61. The van der Waals surface area contributed by atoms with Crippen molar-refractivity contribution in [1.29, 1.82) is 0 Å². The van der Waals surface area contributed by atoms with Crippen LogP contribution in [0.25, 0.3) is 11.0 Å². The monoisotopic (exact) mass is 297 g/mol. The van der Waals surface area contributed by atoms with Gasteiger partial charge < -0.3 is 10.3 Å². The molecule has 3 rings (SSSR count). The predicted molar refractivity (Wildman–Crippen MR) is 87.2 cm³/mol. The van der Waals surface area contributed by atoms with Crippen molar-refractivity contribution in [1.82, 2.24) is 9.55 Å². The van der Waals surface area contributed by atoms with Crippen LogP contribution in [0.3, 0.4) is 0 Å². The molecule has 0 fully saturated rings. The molecule has 3 nitrogen and oxygen atoms in total. The van der Waals surface area contributed by atoms with E-state index in [1.165, 1.54) is 12.1 Å². The first-order chi connectivity index (χ1) is 10.7. The van der Waals surface area contributed by atoms with Gasteiger partial charge in [-0.3, -0.25) is 0 Å². The highest BCUT2D eigenvalue weighted by Gasteiger charge is 2.13. The summed E-state index contributed by atoms with van der Waals surface area (Å²) in [6.07, 6.45) is 1.59. The van der Waals surface area contributed by atoms with Gasteiger partial charge in [-0.25, -0.2) is 9.37 Å². The van der Waals surface area contributed by atoms with Crippen molar-refractivity contribution in [3.8, 4) is 0 Å². The molecule has 0 aliphatic heterocycles. The standard InChI is InChI=1S/C18H20FN3/c1-2-15(20)12-22-17-6-4-3-5-16(17)21-18(22)11-13-7-9-14(19)10-8-13/h3-10,15H,2,11-12,20H2,1H3. The molecule has 0 saturated heterocycles. The van der Waals surface area contributed by atoms with Crippen LogP contribution in [0.4, 0.5) is 4.39 Å². The molecule has 1 atom stereocenters. The highest BCUT2D eigenvalue weighted by Crippen LogP contribution is 2.19. The third-order valence-electron chi connectivity index (χ3n) is 3.95. The molecule has 2 aromatic carbocycles. The maximum atomic E-state index is 13.1. The average molecular weight is 297 g/mol. The Morgan fingerprint density at radius 2 is 1.86 bits per heavy atom. The molecule has 4 heteroatoms. The van der Waals surface area contributed by atoms with E-state index in [9.17, 15) is 4.39 Å². The summed E-state index contributed by atoms with van der Waals surface area (Å²) in [6, 6.07) is 14.8. The van der Waals surface area contributed by atoms with Crippen LogP contribution < -0.4 is 5.73 Å². The maximum absolute atomic E-state index is 13.1. The minimum Gasteiger partial charge on any atom is -0.326 e. The van der Waals surface area contributed by atoms with Crippen molar-refractivity contribution in [2.45, 2.75) is 32.4 Å². The minimum atomic E-state index is -0.217. The van der Waals surface area contributed by atoms with Crippen LogP contribution in [0.5, 0.6) is 0 Å². The molecule has 2 N–H and O–H groups in total. The number of nitrogens with two attached hydrogens (primary N) is 1. The smallest absolute Gasteiger partial charge is 0.123 e. The predicted octanol–water partition coefficient (Wildman–Crippen LogP) is 3.50. The summed E-state index contributed by atoms with van der Waals surface area (Å²) in [5.41, 5.74) is 9.26. The van der Waals surface area contributed by atoms with Crippen LogP contribution in [0, 0.1) is 5.82 Å². The van der Waals surface area contributed by atoms with Crippen LogP contribution in [-0.2, 0) is 13.0 Å². The molecular weight excluding hydrogens is 277 g/mol. The number of fused-ring (bicyclic) bond motifs is 1. The van der Waals surface area contributed by atoms with E-state index in [-0.39, 0.29) is 11.9 Å². The zero-order valence-corrected chi connectivity index (χ0v) is 12.7. The molecule has 1 heterocycles. The molecule has 3 aromatic rings. The second kappa shape index (κ2) is 6.28. The van der Waals surface area contributed by atoms with Gasteiger partial charge in [-0.15, -0.1) is 0 Å². The van der Waals surface area contributed by atoms with Crippen LogP contribution in [0.1, 0.15) is 24.7 Å².